The van der Waals surface area contributed by atoms with Crippen LogP contribution in [0.2, 0.25) is 0 Å². The minimum absolute atomic E-state index is 0.0319. The van der Waals surface area contributed by atoms with Gasteiger partial charge in [-0.1, -0.05) is 24.3 Å². The van der Waals surface area contributed by atoms with E-state index in [0.29, 0.717) is 17.0 Å². The monoisotopic (exact) mass is 282 g/mol. The van der Waals surface area contributed by atoms with Gasteiger partial charge in [0.2, 0.25) is 0 Å². The van der Waals surface area contributed by atoms with Crippen molar-refractivity contribution < 1.29 is 14.9 Å². The van der Waals surface area contributed by atoms with E-state index < -0.39 is 0 Å². The number of benzene rings is 2. The summed E-state index contributed by atoms with van der Waals surface area (Å²) in [5.74, 6) is 0.366. The molecule has 0 saturated carbocycles. The molecule has 5 nitrogen and oxygen atoms in total. The zero-order valence-electron chi connectivity index (χ0n) is 11.4. The Balaban J connectivity index is 2.04. The van der Waals surface area contributed by atoms with Crippen LogP contribution in [0.3, 0.4) is 0 Å². The molecule has 1 heterocycles. The highest BCUT2D eigenvalue weighted by Crippen LogP contribution is 2.36. The molecular formula is C16H14N2O3. The predicted molar refractivity (Wildman–Crippen MR) is 81.9 cm³/mol. The number of hydrogen-bond acceptors (Lipinski definition) is 4. The van der Waals surface area contributed by atoms with Crippen LogP contribution in [0, 0.1) is 0 Å². The molecule has 1 aromatic heterocycles. The number of aliphatic imine (C=N–C) groups is 1. The van der Waals surface area contributed by atoms with Crippen LogP contribution in [0.15, 0.2) is 47.5 Å². The van der Waals surface area contributed by atoms with E-state index in [1.807, 2.05) is 24.3 Å². The third-order valence-corrected chi connectivity index (χ3v) is 3.26. The van der Waals surface area contributed by atoms with Gasteiger partial charge in [-0.25, -0.2) is 0 Å². The van der Waals surface area contributed by atoms with Crippen molar-refractivity contribution in [2.24, 2.45) is 4.99 Å². The number of hydrogen-bond donors (Lipinski definition) is 3. The first-order valence-corrected chi connectivity index (χ1v) is 6.40. The summed E-state index contributed by atoms with van der Waals surface area (Å²) in [5.41, 5.74) is 1.78. The fraction of sp³-hybridized carbons (Fsp3) is 0.0625. The van der Waals surface area contributed by atoms with Crippen molar-refractivity contribution in [2.75, 3.05) is 7.11 Å². The maximum Gasteiger partial charge on any atom is 0.198 e. The topological polar surface area (TPSA) is 77.8 Å². The Morgan fingerprint density at radius 1 is 1.10 bits per heavy atom. The number of phenols is 1. The average Bonchev–Trinajstić information content (AvgIpc) is 2.82. The van der Waals surface area contributed by atoms with Gasteiger partial charge < -0.3 is 19.9 Å². The normalized spacial score (nSPS) is 11.3. The van der Waals surface area contributed by atoms with E-state index in [9.17, 15) is 10.2 Å². The number of fused-ring (bicyclic) bond motifs is 1. The van der Waals surface area contributed by atoms with Crippen molar-refractivity contribution in [3.05, 3.63) is 48.0 Å². The molecule has 0 aliphatic rings. The number of H-pyrrole nitrogens is 1. The fourth-order valence-electron chi connectivity index (χ4n) is 2.19. The highest BCUT2D eigenvalue weighted by Gasteiger charge is 2.09. The number of para-hydroxylation sites is 2. The molecule has 3 N–H and O–H groups in total. The fourth-order valence-corrected chi connectivity index (χ4v) is 2.19. The molecule has 106 valence electrons. The zero-order valence-corrected chi connectivity index (χ0v) is 11.4. The first-order chi connectivity index (χ1) is 10.2. The van der Waals surface area contributed by atoms with E-state index in [4.69, 9.17) is 4.74 Å². The van der Waals surface area contributed by atoms with Gasteiger partial charge in [-0.2, -0.15) is 0 Å². The Hall–Kier alpha value is -2.95. The molecule has 3 aromatic rings. The first kappa shape index (κ1) is 13.1. The number of aromatic hydroxyl groups is 2. The molecule has 0 bridgehead atoms. The average molecular weight is 282 g/mol. The van der Waals surface area contributed by atoms with Crippen molar-refractivity contribution in [2.45, 2.75) is 0 Å². The van der Waals surface area contributed by atoms with Crippen LogP contribution in [0.4, 0.5) is 5.69 Å². The third-order valence-electron chi connectivity index (χ3n) is 3.26. The van der Waals surface area contributed by atoms with Gasteiger partial charge in [-0.05, 0) is 18.2 Å². The van der Waals surface area contributed by atoms with Crippen molar-refractivity contribution in [3.63, 3.8) is 0 Å². The number of ether oxygens (including phenoxy) is 1. The zero-order chi connectivity index (χ0) is 14.8. The predicted octanol–water partition coefficient (Wildman–Crippen LogP) is 3.34. The minimum Gasteiger partial charge on any atom is -0.503 e. The molecule has 0 fully saturated rings. The molecule has 0 unspecified atom stereocenters. The molecular weight excluding hydrogens is 268 g/mol. The summed E-state index contributed by atoms with van der Waals surface area (Å²) in [6, 6.07) is 12.6. The summed E-state index contributed by atoms with van der Waals surface area (Å²) in [4.78, 5) is 7.11. The van der Waals surface area contributed by atoms with Crippen molar-refractivity contribution in [1.29, 1.82) is 0 Å². The molecule has 0 radical (unpaired) electrons. The third kappa shape index (κ3) is 2.29. The molecule has 0 amide bonds. The largest absolute Gasteiger partial charge is 0.503 e. The van der Waals surface area contributed by atoms with Gasteiger partial charge >= 0.3 is 0 Å². The standard InChI is InChI=1S/C16H14N2O3/c1-21-14-8-4-7-13(15(14)19)17-9-11-10-5-2-3-6-12(10)18-16(11)20/h2-9,18-20H,1H3. The van der Waals surface area contributed by atoms with E-state index >= 15 is 0 Å². The molecule has 2 aromatic carbocycles. The van der Waals surface area contributed by atoms with E-state index in [-0.39, 0.29) is 11.6 Å². The highest BCUT2D eigenvalue weighted by molar-refractivity contribution is 6.02. The Labute approximate surface area is 121 Å². The quantitative estimate of drug-likeness (QED) is 0.645. The number of nitrogens with zero attached hydrogens (tertiary/aromatic N) is 1. The van der Waals surface area contributed by atoms with Gasteiger partial charge in [0.25, 0.3) is 0 Å². The number of rotatable bonds is 3. The highest BCUT2D eigenvalue weighted by atomic mass is 16.5. The number of nitrogens with one attached hydrogen (secondary N) is 1. The van der Waals surface area contributed by atoms with Crippen molar-refractivity contribution in [1.82, 2.24) is 4.98 Å². The van der Waals surface area contributed by atoms with Crippen LogP contribution < -0.4 is 4.74 Å². The molecule has 0 aliphatic heterocycles. The summed E-state index contributed by atoms with van der Waals surface area (Å²) in [7, 11) is 1.48. The van der Waals surface area contributed by atoms with E-state index in [2.05, 4.69) is 9.98 Å². The summed E-state index contributed by atoms with van der Waals surface area (Å²) in [6.45, 7) is 0. The van der Waals surface area contributed by atoms with Gasteiger partial charge in [-0.3, -0.25) is 4.99 Å². The van der Waals surface area contributed by atoms with Crippen LogP contribution in [-0.4, -0.2) is 28.5 Å². The molecule has 3 rings (SSSR count). The maximum absolute atomic E-state index is 9.99. The molecule has 0 spiro atoms. The van der Waals surface area contributed by atoms with Gasteiger partial charge in [0.05, 0.1) is 12.7 Å². The van der Waals surface area contributed by atoms with E-state index in [1.165, 1.54) is 13.3 Å². The first-order valence-electron chi connectivity index (χ1n) is 6.40. The minimum atomic E-state index is -0.0319. The van der Waals surface area contributed by atoms with Crippen LogP contribution in [0.25, 0.3) is 10.9 Å². The summed E-state index contributed by atoms with van der Waals surface area (Å²) < 4.78 is 5.04. The van der Waals surface area contributed by atoms with Gasteiger partial charge in [0.1, 0.15) is 5.69 Å². The molecule has 0 saturated heterocycles. The Morgan fingerprint density at radius 3 is 2.71 bits per heavy atom. The van der Waals surface area contributed by atoms with Gasteiger partial charge in [-0.15, -0.1) is 0 Å². The van der Waals surface area contributed by atoms with Crippen LogP contribution in [0.5, 0.6) is 17.4 Å². The SMILES string of the molecule is COc1cccc(N=Cc2c(O)[nH]c3ccccc23)c1O. The lowest BCUT2D eigenvalue weighted by Gasteiger charge is -2.04. The van der Waals surface area contributed by atoms with Crippen molar-refractivity contribution >= 4 is 22.8 Å². The number of aromatic nitrogens is 1. The molecule has 0 atom stereocenters. The maximum atomic E-state index is 9.99. The van der Waals surface area contributed by atoms with Gasteiger partial charge in [0.15, 0.2) is 17.4 Å². The number of methoxy groups -OCH3 is 1. The van der Waals surface area contributed by atoms with Crippen LogP contribution in [0.1, 0.15) is 5.56 Å². The summed E-state index contributed by atoms with van der Waals surface area (Å²) in [5, 5.41) is 20.8. The Kier molecular flexibility index (Phi) is 3.23. The smallest absolute Gasteiger partial charge is 0.198 e. The van der Waals surface area contributed by atoms with Crippen molar-refractivity contribution in [3.8, 4) is 17.4 Å². The Bertz CT molecular complexity index is 822. The second kappa shape index (κ2) is 5.20. The molecule has 5 heteroatoms. The molecule has 0 aliphatic carbocycles. The van der Waals surface area contributed by atoms with E-state index in [1.54, 1.807) is 18.2 Å². The lowest BCUT2D eigenvalue weighted by atomic mass is 10.2. The second-order valence-corrected chi connectivity index (χ2v) is 4.52. The lowest BCUT2D eigenvalue weighted by molar-refractivity contribution is 0.374. The van der Waals surface area contributed by atoms with Crippen LogP contribution >= 0.6 is 0 Å². The number of aromatic amines is 1. The summed E-state index contributed by atoms with van der Waals surface area (Å²) in [6.07, 6.45) is 1.52. The van der Waals surface area contributed by atoms with E-state index in [0.717, 1.165) is 10.9 Å². The number of phenolic OH excluding ortho intramolecular Hbond substituents is 1. The summed E-state index contributed by atoms with van der Waals surface area (Å²) >= 11 is 0. The lowest BCUT2D eigenvalue weighted by Crippen LogP contribution is -1.84. The van der Waals surface area contributed by atoms with Gasteiger partial charge in [0, 0.05) is 17.1 Å². The molecule has 21 heavy (non-hydrogen) atoms. The van der Waals surface area contributed by atoms with Crippen LogP contribution in [-0.2, 0) is 0 Å². The second-order valence-electron chi connectivity index (χ2n) is 4.52. The Morgan fingerprint density at radius 2 is 1.90 bits per heavy atom.